The van der Waals surface area contributed by atoms with Crippen LogP contribution in [-0.4, -0.2) is 62.9 Å². The van der Waals surface area contributed by atoms with E-state index in [9.17, 15) is 9.59 Å². The second kappa shape index (κ2) is 12.5. The van der Waals surface area contributed by atoms with Gasteiger partial charge >= 0.3 is 6.09 Å². The molecule has 0 spiro atoms. The highest BCUT2D eigenvalue weighted by molar-refractivity contribution is 14.1. The zero-order valence-electron chi connectivity index (χ0n) is 20.8. The molecule has 0 fully saturated rings. The predicted octanol–water partition coefficient (Wildman–Crippen LogP) is 4.88. The van der Waals surface area contributed by atoms with Crippen molar-refractivity contribution in [2.45, 2.75) is 32.8 Å². The first-order valence-electron chi connectivity index (χ1n) is 11.1. The van der Waals surface area contributed by atoms with Gasteiger partial charge in [-0.3, -0.25) is 9.63 Å². The summed E-state index contributed by atoms with van der Waals surface area (Å²) in [6, 6.07) is 17.4. The van der Waals surface area contributed by atoms with E-state index >= 15 is 0 Å². The molecule has 0 aliphatic carbocycles. The fourth-order valence-corrected chi connectivity index (χ4v) is 4.19. The minimum Gasteiger partial charge on any atom is -0.445 e. The Labute approximate surface area is 216 Å². The van der Waals surface area contributed by atoms with Crippen molar-refractivity contribution in [2.75, 3.05) is 41.0 Å². The monoisotopic (exact) mass is 582 g/mol. The van der Waals surface area contributed by atoms with Crippen molar-refractivity contribution in [1.29, 1.82) is 0 Å². The normalized spacial score (nSPS) is 13.1. The van der Waals surface area contributed by atoms with Crippen LogP contribution >= 0.6 is 22.6 Å². The molecule has 8 heteroatoms. The number of rotatable bonds is 11. The number of likely N-dealkylation sites (N-methyl/N-ethyl adjacent to an activating group) is 1. The van der Waals surface area contributed by atoms with E-state index in [2.05, 4.69) is 22.6 Å². The molecular formula is C26H35IN2O5. The largest absolute Gasteiger partial charge is 0.445 e. The number of benzene rings is 2. The van der Waals surface area contributed by atoms with Gasteiger partial charge in [0.05, 0.1) is 25.7 Å². The molecule has 34 heavy (non-hydrogen) atoms. The molecule has 186 valence electrons. The molecule has 0 aliphatic rings. The lowest BCUT2D eigenvalue weighted by atomic mass is 9.82. The Kier molecular flexibility index (Phi) is 10.3. The first-order valence-corrected chi connectivity index (χ1v) is 12.1. The van der Waals surface area contributed by atoms with E-state index in [1.807, 2.05) is 75.4 Å². The number of hydrogen-bond donors (Lipinski definition) is 0. The number of amides is 2. The van der Waals surface area contributed by atoms with Gasteiger partial charge in [-0.2, -0.15) is 0 Å². The summed E-state index contributed by atoms with van der Waals surface area (Å²) >= 11 is 2.23. The van der Waals surface area contributed by atoms with Crippen molar-refractivity contribution in [3.8, 4) is 0 Å². The minimum absolute atomic E-state index is 0.172. The summed E-state index contributed by atoms with van der Waals surface area (Å²) in [6.45, 7) is 7.07. The van der Waals surface area contributed by atoms with Crippen LogP contribution in [0.4, 0.5) is 4.79 Å². The van der Waals surface area contributed by atoms with E-state index in [0.717, 1.165) is 14.7 Å². The zero-order chi connectivity index (χ0) is 25.4. The van der Waals surface area contributed by atoms with Crippen molar-refractivity contribution >= 4 is 34.6 Å². The number of ether oxygens (including phenoxy) is 2. The van der Waals surface area contributed by atoms with Gasteiger partial charge in [0.25, 0.3) is 5.91 Å². The van der Waals surface area contributed by atoms with Crippen molar-refractivity contribution in [3.63, 3.8) is 0 Å². The van der Waals surface area contributed by atoms with Crippen molar-refractivity contribution in [1.82, 2.24) is 9.96 Å². The van der Waals surface area contributed by atoms with Gasteiger partial charge in [0.1, 0.15) is 6.61 Å². The Morgan fingerprint density at radius 2 is 1.65 bits per heavy atom. The molecule has 0 aromatic heterocycles. The van der Waals surface area contributed by atoms with Crippen molar-refractivity contribution < 1.29 is 23.9 Å². The predicted molar refractivity (Wildman–Crippen MR) is 140 cm³/mol. The Bertz CT molecular complexity index is 953. The summed E-state index contributed by atoms with van der Waals surface area (Å²) in [6.07, 6.45) is -0.391. The SMILES string of the molecule is CON(C)C(=O)C(C)(COCC(C)(C)CN(C)C(=O)OCc1ccccc1)c1cccc(I)c1. The summed E-state index contributed by atoms with van der Waals surface area (Å²) in [4.78, 5) is 32.3. The van der Waals surface area contributed by atoms with Crippen LogP contribution in [0.1, 0.15) is 31.9 Å². The van der Waals surface area contributed by atoms with Crippen molar-refractivity contribution in [3.05, 3.63) is 69.3 Å². The number of carbonyl (C=O) groups excluding carboxylic acids is 2. The number of nitrogens with zero attached hydrogens (tertiary/aromatic N) is 2. The quantitative estimate of drug-likeness (QED) is 0.279. The highest BCUT2D eigenvalue weighted by Gasteiger charge is 2.39. The summed E-state index contributed by atoms with van der Waals surface area (Å²) in [7, 11) is 4.76. The molecule has 7 nitrogen and oxygen atoms in total. The summed E-state index contributed by atoms with van der Waals surface area (Å²) in [5, 5.41) is 1.23. The summed E-state index contributed by atoms with van der Waals surface area (Å²) in [5.74, 6) is -0.198. The third-order valence-electron chi connectivity index (χ3n) is 5.56. The van der Waals surface area contributed by atoms with Gasteiger partial charge in [0.2, 0.25) is 0 Å². The Hall–Kier alpha value is -2.17. The topological polar surface area (TPSA) is 68.3 Å². The van der Waals surface area contributed by atoms with E-state index in [4.69, 9.17) is 14.3 Å². The molecule has 0 saturated carbocycles. The van der Waals surface area contributed by atoms with Crippen LogP contribution in [0.15, 0.2) is 54.6 Å². The van der Waals surface area contributed by atoms with Crippen LogP contribution in [0.25, 0.3) is 0 Å². The summed E-state index contributed by atoms with van der Waals surface area (Å²) < 4.78 is 12.5. The molecule has 0 bridgehead atoms. The van der Waals surface area contributed by atoms with E-state index in [1.54, 1.807) is 19.0 Å². The van der Waals surface area contributed by atoms with E-state index in [-0.39, 0.29) is 24.5 Å². The van der Waals surface area contributed by atoms with Gasteiger partial charge in [-0.05, 0) is 52.8 Å². The Morgan fingerprint density at radius 3 is 2.26 bits per heavy atom. The molecule has 2 rings (SSSR count). The fraction of sp³-hybridized carbons (Fsp3) is 0.462. The highest BCUT2D eigenvalue weighted by atomic mass is 127. The highest BCUT2D eigenvalue weighted by Crippen LogP contribution is 2.29. The number of hydroxylamine groups is 2. The third-order valence-corrected chi connectivity index (χ3v) is 6.23. The van der Waals surface area contributed by atoms with Gasteiger partial charge in [0, 0.05) is 29.6 Å². The van der Waals surface area contributed by atoms with Gasteiger partial charge < -0.3 is 14.4 Å². The lowest BCUT2D eigenvalue weighted by Gasteiger charge is -2.34. The first kappa shape index (κ1) is 28.1. The second-order valence-electron chi connectivity index (χ2n) is 9.38. The lowest BCUT2D eigenvalue weighted by Crippen LogP contribution is -2.47. The van der Waals surface area contributed by atoms with Crippen LogP contribution in [0.5, 0.6) is 0 Å². The van der Waals surface area contributed by atoms with Gasteiger partial charge in [0.15, 0.2) is 0 Å². The van der Waals surface area contributed by atoms with E-state index in [0.29, 0.717) is 13.2 Å². The van der Waals surface area contributed by atoms with Crippen LogP contribution in [0.2, 0.25) is 0 Å². The third kappa shape index (κ3) is 7.95. The molecule has 2 amide bonds. The molecule has 0 radical (unpaired) electrons. The minimum atomic E-state index is -0.928. The fourth-order valence-electron chi connectivity index (χ4n) is 3.64. The van der Waals surface area contributed by atoms with E-state index < -0.39 is 11.5 Å². The molecule has 1 unspecified atom stereocenters. The van der Waals surface area contributed by atoms with Gasteiger partial charge in [-0.15, -0.1) is 0 Å². The van der Waals surface area contributed by atoms with Crippen LogP contribution in [0.3, 0.4) is 0 Å². The zero-order valence-corrected chi connectivity index (χ0v) is 23.0. The molecule has 0 aliphatic heterocycles. The standard InChI is InChI=1S/C26H35IN2O5/c1-25(2,17-28(4)24(31)34-16-20-11-8-7-9-12-20)18-33-19-26(3,23(30)29(5)32-6)21-13-10-14-22(27)15-21/h7-15H,16-19H2,1-6H3. The molecular weight excluding hydrogens is 547 g/mol. The number of carbonyl (C=O) groups is 2. The maximum atomic E-state index is 13.2. The van der Waals surface area contributed by atoms with Crippen molar-refractivity contribution in [2.24, 2.45) is 5.41 Å². The molecule has 2 aromatic carbocycles. The van der Waals surface area contributed by atoms with Crippen LogP contribution in [-0.2, 0) is 31.1 Å². The Balaban J connectivity index is 1.98. The number of halogens is 1. The van der Waals surface area contributed by atoms with Gasteiger partial charge in [-0.25, -0.2) is 9.86 Å². The lowest BCUT2D eigenvalue weighted by molar-refractivity contribution is -0.177. The van der Waals surface area contributed by atoms with Gasteiger partial charge in [-0.1, -0.05) is 56.3 Å². The average Bonchev–Trinajstić information content (AvgIpc) is 2.81. The Morgan fingerprint density at radius 1 is 0.971 bits per heavy atom. The maximum Gasteiger partial charge on any atom is 0.409 e. The van der Waals surface area contributed by atoms with E-state index in [1.165, 1.54) is 12.2 Å². The molecule has 0 heterocycles. The second-order valence-corrected chi connectivity index (χ2v) is 10.6. The van der Waals surface area contributed by atoms with Crippen LogP contribution in [0, 0.1) is 8.99 Å². The van der Waals surface area contributed by atoms with Crippen LogP contribution < -0.4 is 0 Å². The smallest absolute Gasteiger partial charge is 0.409 e. The average molecular weight is 582 g/mol. The molecule has 0 N–H and O–H groups in total. The number of hydrogen-bond acceptors (Lipinski definition) is 5. The summed E-state index contributed by atoms with van der Waals surface area (Å²) in [5.41, 5.74) is 0.505. The molecule has 1 atom stereocenters. The maximum absolute atomic E-state index is 13.2. The molecule has 0 saturated heterocycles. The first-order chi connectivity index (χ1) is 16.0. The molecule has 2 aromatic rings.